The van der Waals surface area contributed by atoms with Crippen molar-refractivity contribution < 1.29 is 27.9 Å². The summed E-state index contributed by atoms with van der Waals surface area (Å²) in [6.45, 7) is 6.24. The van der Waals surface area contributed by atoms with Gasteiger partial charge in [0, 0.05) is 39.1 Å². The Kier molecular flexibility index (Phi) is 8.05. The highest BCUT2D eigenvalue weighted by Crippen LogP contribution is 2.42. The first kappa shape index (κ1) is 25.5. The van der Waals surface area contributed by atoms with Gasteiger partial charge in [0.15, 0.2) is 0 Å². The number of hydrogen-bond donors (Lipinski definition) is 1. The van der Waals surface area contributed by atoms with E-state index in [1.807, 2.05) is 14.1 Å². The standard InChI is InChI=1S/C22H33N3O.C2HF3O2/c1-23(2)21(26)16-24-12-10-22(11-13-24)17-25(14-18-6-5-7-18)15-19-8-3-4-9-20(19)22;3-2(4,5)1(6)7/h3-4,8-9,18H,5-7,10-17H2,1-2H3;(H,6,7). The molecule has 6 nitrogen and oxygen atoms in total. The van der Waals surface area contributed by atoms with Gasteiger partial charge in [0.1, 0.15) is 0 Å². The van der Waals surface area contributed by atoms with Crippen LogP contribution < -0.4 is 0 Å². The SMILES string of the molecule is CN(C)C(=O)CN1CCC2(CC1)CN(CC1CCC1)Cc1ccccc12.O=C(O)C(F)(F)F. The number of carbonyl (C=O) groups is 2. The fourth-order valence-corrected chi connectivity index (χ4v) is 5.05. The summed E-state index contributed by atoms with van der Waals surface area (Å²) in [5.41, 5.74) is 3.41. The monoisotopic (exact) mass is 469 g/mol. The Bertz CT molecular complexity index is 832. The average molecular weight is 470 g/mol. The Hall–Kier alpha value is -2.13. The topological polar surface area (TPSA) is 64.1 Å². The third-order valence-electron chi connectivity index (χ3n) is 7.16. The summed E-state index contributed by atoms with van der Waals surface area (Å²) >= 11 is 0. The van der Waals surface area contributed by atoms with E-state index in [1.165, 1.54) is 50.8 Å². The smallest absolute Gasteiger partial charge is 0.475 e. The molecule has 0 radical (unpaired) electrons. The van der Waals surface area contributed by atoms with Crippen molar-refractivity contribution in [3.63, 3.8) is 0 Å². The van der Waals surface area contributed by atoms with E-state index < -0.39 is 12.1 Å². The van der Waals surface area contributed by atoms with Crippen molar-refractivity contribution in [3.05, 3.63) is 35.4 Å². The van der Waals surface area contributed by atoms with Gasteiger partial charge in [-0.15, -0.1) is 0 Å². The quantitative estimate of drug-likeness (QED) is 0.733. The zero-order valence-corrected chi connectivity index (χ0v) is 19.4. The molecule has 2 fully saturated rings. The molecule has 1 aromatic rings. The third-order valence-corrected chi connectivity index (χ3v) is 7.16. The zero-order chi connectivity index (χ0) is 24.2. The number of benzene rings is 1. The summed E-state index contributed by atoms with van der Waals surface area (Å²) in [7, 11) is 3.70. The van der Waals surface area contributed by atoms with Gasteiger partial charge in [-0.05, 0) is 55.8 Å². The maximum atomic E-state index is 12.1. The average Bonchev–Trinajstić information content (AvgIpc) is 2.72. The van der Waals surface area contributed by atoms with Crippen LogP contribution in [0.5, 0.6) is 0 Å². The minimum atomic E-state index is -5.08. The molecule has 1 N–H and O–H groups in total. The van der Waals surface area contributed by atoms with Crippen LogP contribution in [-0.2, 0) is 21.5 Å². The van der Waals surface area contributed by atoms with Gasteiger partial charge in [0.25, 0.3) is 0 Å². The Morgan fingerprint density at radius 3 is 2.24 bits per heavy atom. The van der Waals surface area contributed by atoms with Gasteiger partial charge in [-0.1, -0.05) is 30.7 Å². The van der Waals surface area contributed by atoms with Gasteiger partial charge >= 0.3 is 12.1 Å². The fraction of sp³-hybridized carbons (Fsp3) is 0.667. The molecule has 1 saturated carbocycles. The highest BCUT2D eigenvalue weighted by Gasteiger charge is 2.42. The van der Waals surface area contributed by atoms with Gasteiger partial charge in [-0.2, -0.15) is 13.2 Å². The number of hydrogen-bond acceptors (Lipinski definition) is 4. The van der Waals surface area contributed by atoms with E-state index in [1.54, 1.807) is 10.5 Å². The molecule has 1 saturated heterocycles. The zero-order valence-electron chi connectivity index (χ0n) is 19.4. The van der Waals surface area contributed by atoms with Crippen LogP contribution >= 0.6 is 0 Å². The van der Waals surface area contributed by atoms with Crippen molar-refractivity contribution in [1.29, 1.82) is 0 Å². The van der Waals surface area contributed by atoms with Crippen molar-refractivity contribution in [3.8, 4) is 0 Å². The van der Waals surface area contributed by atoms with Crippen molar-refractivity contribution >= 4 is 11.9 Å². The molecule has 1 spiro atoms. The van der Waals surface area contributed by atoms with Crippen LogP contribution in [0.25, 0.3) is 0 Å². The van der Waals surface area contributed by atoms with E-state index in [9.17, 15) is 18.0 Å². The lowest BCUT2D eigenvalue weighted by Crippen LogP contribution is -2.53. The first-order valence-electron chi connectivity index (χ1n) is 11.5. The van der Waals surface area contributed by atoms with Crippen LogP contribution in [0.1, 0.15) is 43.2 Å². The summed E-state index contributed by atoms with van der Waals surface area (Å²) in [6, 6.07) is 9.12. The highest BCUT2D eigenvalue weighted by molar-refractivity contribution is 5.77. The van der Waals surface area contributed by atoms with E-state index in [0.717, 1.165) is 25.6 Å². The number of nitrogens with zero attached hydrogens (tertiary/aromatic N) is 3. The molecule has 1 aromatic carbocycles. The molecule has 0 bridgehead atoms. The number of amides is 1. The molecule has 184 valence electrons. The normalized spacial score (nSPS) is 20.9. The fourth-order valence-electron chi connectivity index (χ4n) is 5.05. The minimum absolute atomic E-state index is 0.219. The van der Waals surface area contributed by atoms with E-state index >= 15 is 0 Å². The maximum Gasteiger partial charge on any atom is 0.490 e. The maximum absolute atomic E-state index is 12.1. The van der Waals surface area contributed by atoms with E-state index in [2.05, 4.69) is 34.1 Å². The van der Waals surface area contributed by atoms with Gasteiger partial charge in [0.2, 0.25) is 5.91 Å². The Balaban J connectivity index is 0.000000383. The number of rotatable bonds is 4. The molecule has 0 atom stereocenters. The Morgan fingerprint density at radius 1 is 1.12 bits per heavy atom. The summed E-state index contributed by atoms with van der Waals surface area (Å²) in [5, 5.41) is 7.12. The highest BCUT2D eigenvalue weighted by atomic mass is 19.4. The Labute approximate surface area is 193 Å². The van der Waals surface area contributed by atoms with Crippen LogP contribution in [0.4, 0.5) is 13.2 Å². The van der Waals surface area contributed by atoms with Gasteiger partial charge in [-0.25, -0.2) is 4.79 Å². The molecule has 3 aliphatic rings. The number of likely N-dealkylation sites (tertiary alicyclic amines) is 1. The van der Waals surface area contributed by atoms with E-state index in [4.69, 9.17) is 9.90 Å². The predicted molar refractivity (Wildman–Crippen MR) is 119 cm³/mol. The number of aliphatic carboxylic acids is 1. The Morgan fingerprint density at radius 2 is 1.73 bits per heavy atom. The molecule has 9 heteroatoms. The first-order chi connectivity index (χ1) is 15.5. The molecule has 2 heterocycles. The summed E-state index contributed by atoms with van der Waals surface area (Å²) in [5.74, 6) is -1.61. The molecule has 33 heavy (non-hydrogen) atoms. The number of halogens is 3. The van der Waals surface area contributed by atoms with Crippen LogP contribution in [-0.4, -0.2) is 84.7 Å². The summed E-state index contributed by atoms with van der Waals surface area (Å²) in [6.07, 6.45) is 1.53. The van der Waals surface area contributed by atoms with Crippen LogP contribution in [0.3, 0.4) is 0 Å². The molecule has 0 unspecified atom stereocenters. The van der Waals surface area contributed by atoms with Gasteiger partial charge < -0.3 is 10.0 Å². The molecule has 0 aromatic heterocycles. The van der Waals surface area contributed by atoms with Gasteiger partial charge in [-0.3, -0.25) is 14.6 Å². The van der Waals surface area contributed by atoms with Crippen LogP contribution in [0.15, 0.2) is 24.3 Å². The molecule has 4 rings (SSSR count). The first-order valence-corrected chi connectivity index (χ1v) is 11.5. The lowest BCUT2D eigenvalue weighted by molar-refractivity contribution is -0.192. The van der Waals surface area contributed by atoms with Crippen molar-refractivity contribution in [1.82, 2.24) is 14.7 Å². The number of carboxylic acids is 1. The van der Waals surface area contributed by atoms with Crippen LogP contribution in [0, 0.1) is 5.92 Å². The van der Waals surface area contributed by atoms with E-state index in [-0.39, 0.29) is 11.3 Å². The largest absolute Gasteiger partial charge is 0.490 e. The second-order valence-electron chi connectivity index (χ2n) is 9.77. The summed E-state index contributed by atoms with van der Waals surface area (Å²) < 4.78 is 31.7. The number of carboxylic acid groups (broad SMARTS) is 1. The molecule has 1 amide bonds. The lowest BCUT2D eigenvalue weighted by Gasteiger charge is -2.49. The number of carbonyl (C=O) groups excluding carboxylic acids is 1. The van der Waals surface area contributed by atoms with E-state index in [0.29, 0.717) is 6.54 Å². The van der Waals surface area contributed by atoms with Crippen molar-refractivity contribution in [2.45, 2.75) is 50.2 Å². The second kappa shape index (κ2) is 10.4. The lowest BCUT2D eigenvalue weighted by atomic mass is 9.68. The third kappa shape index (κ3) is 6.47. The van der Waals surface area contributed by atoms with Crippen LogP contribution in [0.2, 0.25) is 0 Å². The van der Waals surface area contributed by atoms with Gasteiger partial charge in [0.05, 0.1) is 6.54 Å². The minimum Gasteiger partial charge on any atom is -0.475 e. The number of likely N-dealkylation sites (N-methyl/N-ethyl adjacent to an activating group) is 1. The molecule has 2 aliphatic heterocycles. The number of alkyl halides is 3. The number of piperidine rings is 1. The predicted octanol–water partition coefficient (Wildman–Crippen LogP) is 3.36. The number of fused-ring (bicyclic) bond motifs is 2. The second-order valence-corrected chi connectivity index (χ2v) is 9.77. The summed E-state index contributed by atoms with van der Waals surface area (Å²) in [4.78, 5) is 27.7. The van der Waals surface area contributed by atoms with Crippen molar-refractivity contribution in [2.24, 2.45) is 5.92 Å². The molecular formula is C24H34F3N3O3. The molecule has 1 aliphatic carbocycles. The molecular weight excluding hydrogens is 435 g/mol. The van der Waals surface area contributed by atoms with Crippen molar-refractivity contribution in [2.75, 3.05) is 46.8 Å².